The van der Waals surface area contributed by atoms with Crippen LogP contribution in [0.3, 0.4) is 0 Å². The molecule has 0 aliphatic carbocycles. The van der Waals surface area contributed by atoms with E-state index < -0.39 is 0 Å². The molecule has 1 saturated heterocycles. The molecule has 1 fully saturated rings. The summed E-state index contributed by atoms with van der Waals surface area (Å²) in [5.41, 5.74) is 3.54. The number of nitrogens with one attached hydrogen (secondary N) is 1. The molecule has 0 bridgehead atoms. The molecule has 0 aromatic heterocycles. The predicted molar refractivity (Wildman–Crippen MR) is 128 cm³/mol. The van der Waals surface area contributed by atoms with Gasteiger partial charge in [0.2, 0.25) is 0 Å². The van der Waals surface area contributed by atoms with E-state index in [2.05, 4.69) is 41.3 Å². The highest BCUT2D eigenvalue weighted by molar-refractivity contribution is 5.77. The first-order chi connectivity index (χ1) is 15.7. The van der Waals surface area contributed by atoms with Crippen LogP contribution in [0.1, 0.15) is 11.1 Å². The molecule has 1 aliphatic heterocycles. The maximum Gasteiger partial charge on any atom is 0.278 e. The predicted octanol–water partition coefficient (Wildman–Crippen LogP) is 2.63. The number of methoxy groups -OCH3 is 1. The summed E-state index contributed by atoms with van der Waals surface area (Å²) in [5, 5.41) is 0. The van der Waals surface area contributed by atoms with Crippen LogP contribution in [0.4, 0.5) is 5.69 Å². The van der Waals surface area contributed by atoms with E-state index in [-0.39, 0.29) is 5.91 Å². The molecule has 3 aromatic rings. The first kappa shape index (κ1) is 21.9. The number of nitrogens with zero attached hydrogens (tertiary/aromatic N) is 2. The third-order valence-electron chi connectivity index (χ3n) is 6.09. The van der Waals surface area contributed by atoms with Gasteiger partial charge in [-0.3, -0.25) is 4.79 Å². The highest BCUT2D eigenvalue weighted by Crippen LogP contribution is 2.19. The van der Waals surface area contributed by atoms with Crippen LogP contribution < -0.4 is 14.5 Å². The second-order valence-corrected chi connectivity index (χ2v) is 8.33. The van der Waals surface area contributed by atoms with Crippen molar-refractivity contribution in [1.29, 1.82) is 0 Å². The molecule has 32 heavy (non-hydrogen) atoms. The Labute approximate surface area is 190 Å². The van der Waals surface area contributed by atoms with Gasteiger partial charge in [0, 0.05) is 18.8 Å². The van der Waals surface area contributed by atoms with Crippen LogP contribution in [0.15, 0.2) is 84.9 Å². The third kappa shape index (κ3) is 5.89. The molecule has 5 nitrogen and oxygen atoms in total. The van der Waals surface area contributed by atoms with Crippen LogP contribution in [0.25, 0.3) is 0 Å². The molecule has 1 heterocycles. The second kappa shape index (κ2) is 10.8. The Morgan fingerprint density at radius 2 is 1.38 bits per heavy atom. The summed E-state index contributed by atoms with van der Waals surface area (Å²) in [6.07, 6.45) is 0. The lowest BCUT2D eigenvalue weighted by Gasteiger charge is -2.34. The van der Waals surface area contributed by atoms with Gasteiger partial charge in [0.05, 0.1) is 33.3 Å². The zero-order valence-corrected chi connectivity index (χ0v) is 18.7. The molecular weight excluding hydrogens is 398 g/mol. The lowest BCUT2D eigenvalue weighted by Crippen LogP contribution is -3.15. The number of benzene rings is 3. The highest BCUT2D eigenvalue weighted by atomic mass is 16.5. The second-order valence-electron chi connectivity index (χ2n) is 8.33. The minimum atomic E-state index is 0.214. The van der Waals surface area contributed by atoms with Gasteiger partial charge in [-0.05, 0) is 35.4 Å². The third-order valence-corrected chi connectivity index (χ3v) is 6.09. The monoisotopic (exact) mass is 430 g/mol. The molecule has 1 amide bonds. The molecule has 0 unspecified atom stereocenters. The highest BCUT2D eigenvalue weighted by Gasteiger charge is 2.25. The van der Waals surface area contributed by atoms with E-state index in [4.69, 9.17) is 4.74 Å². The zero-order chi connectivity index (χ0) is 22.2. The number of hydrogen-bond donors (Lipinski definition) is 1. The molecule has 166 valence electrons. The lowest BCUT2D eigenvalue weighted by molar-refractivity contribution is -0.892. The number of carbonyl (C=O) groups excluding carboxylic acids is 1. The van der Waals surface area contributed by atoms with Crippen LogP contribution in [0.2, 0.25) is 0 Å². The fourth-order valence-corrected chi connectivity index (χ4v) is 4.22. The Bertz CT molecular complexity index is 927. The number of amides is 1. The maximum atomic E-state index is 13.3. The minimum absolute atomic E-state index is 0.214. The van der Waals surface area contributed by atoms with Crippen molar-refractivity contribution in [3.63, 3.8) is 0 Å². The summed E-state index contributed by atoms with van der Waals surface area (Å²) < 4.78 is 5.26. The summed E-state index contributed by atoms with van der Waals surface area (Å²) >= 11 is 0. The summed E-state index contributed by atoms with van der Waals surface area (Å²) in [6.45, 7) is 5.64. The molecule has 0 spiro atoms. The number of rotatable bonds is 8. The Kier molecular flexibility index (Phi) is 7.41. The van der Waals surface area contributed by atoms with E-state index in [0.717, 1.165) is 43.1 Å². The molecular formula is C27H32N3O2+. The van der Waals surface area contributed by atoms with E-state index in [1.165, 1.54) is 10.6 Å². The van der Waals surface area contributed by atoms with Crippen LogP contribution in [0, 0.1) is 0 Å². The van der Waals surface area contributed by atoms with Crippen molar-refractivity contribution in [1.82, 2.24) is 4.90 Å². The van der Waals surface area contributed by atoms with E-state index in [0.29, 0.717) is 19.6 Å². The summed E-state index contributed by atoms with van der Waals surface area (Å²) in [5.74, 6) is 1.09. The van der Waals surface area contributed by atoms with Crippen molar-refractivity contribution in [3.05, 3.63) is 96.1 Å². The molecule has 0 saturated carbocycles. The number of ether oxygens (including phenoxy) is 1. The van der Waals surface area contributed by atoms with Crippen molar-refractivity contribution in [2.75, 3.05) is 44.7 Å². The van der Waals surface area contributed by atoms with Gasteiger partial charge >= 0.3 is 0 Å². The van der Waals surface area contributed by atoms with Crippen molar-refractivity contribution in [3.8, 4) is 5.75 Å². The quantitative estimate of drug-likeness (QED) is 0.597. The van der Waals surface area contributed by atoms with Crippen LogP contribution >= 0.6 is 0 Å². The van der Waals surface area contributed by atoms with Crippen molar-refractivity contribution >= 4 is 11.6 Å². The van der Waals surface area contributed by atoms with Crippen molar-refractivity contribution < 1.29 is 14.4 Å². The minimum Gasteiger partial charge on any atom is -0.497 e. The molecule has 3 aromatic carbocycles. The van der Waals surface area contributed by atoms with Gasteiger partial charge in [-0.1, -0.05) is 60.7 Å². The number of piperazine rings is 1. The van der Waals surface area contributed by atoms with Gasteiger partial charge in [0.25, 0.3) is 5.91 Å². The average molecular weight is 431 g/mol. The van der Waals surface area contributed by atoms with E-state index >= 15 is 0 Å². The zero-order valence-electron chi connectivity index (χ0n) is 18.7. The Morgan fingerprint density at radius 3 is 1.88 bits per heavy atom. The first-order valence-corrected chi connectivity index (χ1v) is 11.3. The van der Waals surface area contributed by atoms with Gasteiger partial charge < -0.3 is 19.4 Å². The van der Waals surface area contributed by atoms with E-state index in [9.17, 15) is 4.79 Å². The summed E-state index contributed by atoms with van der Waals surface area (Å²) in [4.78, 5) is 19.1. The summed E-state index contributed by atoms with van der Waals surface area (Å²) in [6, 6.07) is 28.7. The molecule has 1 N–H and O–H groups in total. The first-order valence-electron chi connectivity index (χ1n) is 11.3. The van der Waals surface area contributed by atoms with Gasteiger partial charge in [-0.25, -0.2) is 0 Å². The van der Waals surface area contributed by atoms with E-state index in [1.54, 1.807) is 7.11 Å². The van der Waals surface area contributed by atoms with Crippen LogP contribution in [-0.2, 0) is 17.9 Å². The van der Waals surface area contributed by atoms with Gasteiger partial charge in [-0.2, -0.15) is 0 Å². The molecule has 0 atom stereocenters. The van der Waals surface area contributed by atoms with Gasteiger partial charge in [0.1, 0.15) is 5.75 Å². The smallest absolute Gasteiger partial charge is 0.278 e. The molecule has 1 aliphatic rings. The number of hydrogen-bond acceptors (Lipinski definition) is 3. The van der Waals surface area contributed by atoms with E-state index in [1.807, 2.05) is 53.4 Å². The number of anilines is 1. The van der Waals surface area contributed by atoms with Crippen LogP contribution in [-0.4, -0.2) is 50.6 Å². The number of quaternary nitrogens is 1. The lowest BCUT2D eigenvalue weighted by atomic mass is 10.1. The summed E-state index contributed by atoms with van der Waals surface area (Å²) in [7, 11) is 1.69. The largest absolute Gasteiger partial charge is 0.497 e. The van der Waals surface area contributed by atoms with Gasteiger partial charge in [0.15, 0.2) is 6.54 Å². The molecule has 0 radical (unpaired) electrons. The average Bonchev–Trinajstić information content (AvgIpc) is 2.85. The van der Waals surface area contributed by atoms with Crippen molar-refractivity contribution in [2.24, 2.45) is 0 Å². The maximum absolute atomic E-state index is 13.3. The fraction of sp³-hybridized carbons (Fsp3) is 0.296. The van der Waals surface area contributed by atoms with Crippen molar-refractivity contribution in [2.45, 2.75) is 13.1 Å². The SMILES string of the molecule is COc1ccc(N2CC[NH+](CC(=O)N(Cc3ccccc3)Cc3ccccc3)CC2)cc1. The standard InChI is InChI=1S/C27H31N3O2/c1-32-26-14-12-25(13-15-26)29-18-16-28(17-19-29)22-27(31)30(20-23-8-4-2-5-9-23)21-24-10-6-3-7-11-24/h2-15H,16-22H2,1H3/p+1. The normalized spacial score (nSPS) is 14.2. The van der Waals surface area contributed by atoms with Gasteiger partial charge in [-0.15, -0.1) is 0 Å². The Balaban J connectivity index is 1.36. The number of carbonyl (C=O) groups is 1. The molecule has 5 heteroatoms. The topological polar surface area (TPSA) is 37.2 Å². The Hall–Kier alpha value is -3.31. The Morgan fingerprint density at radius 1 is 0.844 bits per heavy atom. The van der Waals surface area contributed by atoms with Crippen LogP contribution in [0.5, 0.6) is 5.75 Å². The fourth-order valence-electron chi connectivity index (χ4n) is 4.22. The molecule has 4 rings (SSSR count).